The summed E-state index contributed by atoms with van der Waals surface area (Å²) in [6.07, 6.45) is 0.125. The first kappa shape index (κ1) is 27.4. The highest BCUT2D eigenvalue weighted by Crippen LogP contribution is 2.34. The number of ether oxygens (including phenoxy) is 2. The lowest BCUT2D eigenvalue weighted by atomic mass is 10.1. The lowest BCUT2D eigenvalue weighted by Gasteiger charge is -2.25. The van der Waals surface area contributed by atoms with Crippen molar-refractivity contribution in [2.45, 2.75) is 32.5 Å². The third-order valence-corrected chi connectivity index (χ3v) is 6.22. The summed E-state index contributed by atoms with van der Waals surface area (Å²) in [6, 6.07) is 32.2. The van der Waals surface area contributed by atoms with Crippen molar-refractivity contribution in [3.05, 3.63) is 120 Å². The van der Waals surface area contributed by atoms with Crippen LogP contribution in [0.1, 0.15) is 29.5 Å². The van der Waals surface area contributed by atoms with E-state index in [0.29, 0.717) is 36.8 Å². The van der Waals surface area contributed by atoms with Gasteiger partial charge in [-0.25, -0.2) is 0 Å². The van der Waals surface area contributed by atoms with Crippen LogP contribution in [0.15, 0.2) is 103 Å². The number of nitrogens with zero attached hydrogens (tertiary/aromatic N) is 1. The summed E-state index contributed by atoms with van der Waals surface area (Å²) in [5.41, 5.74) is 9.29. The Morgan fingerprint density at radius 2 is 1.49 bits per heavy atom. The van der Waals surface area contributed by atoms with Gasteiger partial charge in [0.25, 0.3) is 0 Å². The molecule has 0 aliphatic heterocycles. The van der Waals surface area contributed by atoms with Gasteiger partial charge in [0.05, 0.1) is 19.3 Å². The van der Waals surface area contributed by atoms with Crippen molar-refractivity contribution < 1.29 is 19.1 Å². The van der Waals surface area contributed by atoms with Crippen molar-refractivity contribution in [1.29, 1.82) is 0 Å². The highest BCUT2D eigenvalue weighted by Gasteiger charge is 2.21. The van der Waals surface area contributed by atoms with Crippen LogP contribution in [-0.2, 0) is 29.2 Å². The summed E-state index contributed by atoms with van der Waals surface area (Å²) in [6.45, 7) is 1.12. The van der Waals surface area contributed by atoms with E-state index in [9.17, 15) is 9.59 Å². The van der Waals surface area contributed by atoms with Crippen LogP contribution in [0.4, 0.5) is 5.69 Å². The number of rotatable bonds is 12. The number of anilines is 1. The molecular formula is C32H33N3O4. The maximum absolute atomic E-state index is 13.6. The van der Waals surface area contributed by atoms with Gasteiger partial charge >= 0.3 is 0 Å². The Morgan fingerprint density at radius 3 is 2.23 bits per heavy atom. The highest BCUT2D eigenvalue weighted by atomic mass is 16.5. The van der Waals surface area contributed by atoms with Crippen LogP contribution < -0.4 is 25.4 Å². The normalized spacial score (nSPS) is 10.5. The Bertz CT molecular complexity index is 1370. The molecule has 200 valence electrons. The maximum atomic E-state index is 13.6. The molecule has 4 rings (SSSR count). The van der Waals surface area contributed by atoms with Crippen LogP contribution in [-0.4, -0.2) is 18.9 Å². The second-order valence-electron chi connectivity index (χ2n) is 9.01. The maximum Gasteiger partial charge on any atom is 0.227 e. The molecule has 0 atom stereocenters. The van der Waals surface area contributed by atoms with Gasteiger partial charge in [0.2, 0.25) is 11.8 Å². The summed E-state index contributed by atoms with van der Waals surface area (Å²) in [7, 11) is 1.61. The van der Waals surface area contributed by atoms with Crippen LogP contribution in [0.3, 0.4) is 0 Å². The predicted molar refractivity (Wildman–Crippen MR) is 153 cm³/mol. The number of benzene rings is 4. The molecule has 2 amide bonds. The monoisotopic (exact) mass is 523 g/mol. The quantitative estimate of drug-likeness (QED) is 0.253. The van der Waals surface area contributed by atoms with Crippen LogP contribution in [0, 0.1) is 0 Å². The van der Waals surface area contributed by atoms with Crippen molar-refractivity contribution in [2.75, 3.05) is 12.0 Å². The number of amides is 2. The molecule has 0 aromatic heterocycles. The average Bonchev–Trinajstić information content (AvgIpc) is 2.99. The molecule has 0 radical (unpaired) electrons. The van der Waals surface area contributed by atoms with Gasteiger partial charge in [-0.3, -0.25) is 9.59 Å². The molecule has 4 aromatic rings. The number of carbonyl (C=O) groups excluding carboxylic acids is 2. The van der Waals surface area contributed by atoms with Gasteiger partial charge in [-0.15, -0.1) is 0 Å². The van der Waals surface area contributed by atoms with Gasteiger partial charge in [-0.05, 0) is 53.1 Å². The van der Waals surface area contributed by atoms with Gasteiger partial charge in [0.15, 0.2) is 5.75 Å². The molecule has 0 saturated carbocycles. The van der Waals surface area contributed by atoms with E-state index in [1.807, 2.05) is 103 Å². The minimum atomic E-state index is -0.193. The SMILES string of the molecule is COc1ccc(CNC(=O)CCC(=O)N(Cc2ccccc2)c2ccccc2Oc2cccc(CN)c2)cc1. The number of hydrogen-bond acceptors (Lipinski definition) is 5. The summed E-state index contributed by atoms with van der Waals surface area (Å²) >= 11 is 0. The summed E-state index contributed by atoms with van der Waals surface area (Å²) in [5.74, 6) is 1.56. The standard InChI is InChI=1S/C32H33N3O4/c1-38-27-16-14-24(15-17-27)22-34-31(36)18-19-32(37)35(23-25-8-3-2-4-9-25)29-12-5-6-13-30(29)39-28-11-7-10-26(20-28)21-33/h2-17,20H,18-19,21-23,33H2,1H3,(H,34,36). The topological polar surface area (TPSA) is 93.9 Å². The molecule has 7 nitrogen and oxygen atoms in total. The van der Waals surface area contributed by atoms with E-state index in [1.165, 1.54) is 0 Å². The number of para-hydroxylation sites is 2. The van der Waals surface area contributed by atoms with Gasteiger partial charge < -0.3 is 25.4 Å². The third-order valence-electron chi connectivity index (χ3n) is 6.22. The molecule has 0 bridgehead atoms. The number of nitrogens with one attached hydrogen (secondary N) is 1. The Labute approximate surface area is 229 Å². The predicted octanol–water partition coefficient (Wildman–Crippen LogP) is 5.58. The molecule has 39 heavy (non-hydrogen) atoms. The van der Waals surface area contributed by atoms with Crippen LogP contribution in [0.25, 0.3) is 0 Å². The van der Waals surface area contributed by atoms with Crippen molar-refractivity contribution in [3.63, 3.8) is 0 Å². The zero-order chi connectivity index (χ0) is 27.5. The van der Waals surface area contributed by atoms with E-state index in [0.717, 1.165) is 22.4 Å². The lowest BCUT2D eigenvalue weighted by Crippen LogP contribution is -2.32. The Kier molecular flexibility index (Phi) is 9.69. The van der Waals surface area contributed by atoms with Crippen LogP contribution in [0.5, 0.6) is 17.2 Å². The number of hydrogen-bond donors (Lipinski definition) is 2. The summed E-state index contributed by atoms with van der Waals surface area (Å²) < 4.78 is 11.4. The fourth-order valence-electron chi connectivity index (χ4n) is 4.09. The zero-order valence-corrected chi connectivity index (χ0v) is 22.0. The summed E-state index contributed by atoms with van der Waals surface area (Å²) in [5, 5.41) is 2.89. The highest BCUT2D eigenvalue weighted by molar-refractivity contribution is 5.96. The van der Waals surface area contributed by atoms with Gasteiger partial charge in [-0.2, -0.15) is 0 Å². The molecule has 3 N–H and O–H groups in total. The molecule has 0 saturated heterocycles. The van der Waals surface area contributed by atoms with E-state index in [2.05, 4.69) is 5.32 Å². The van der Waals surface area contributed by atoms with Crippen molar-refractivity contribution in [1.82, 2.24) is 5.32 Å². The van der Waals surface area contributed by atoms with Crippen LogP contribution >= 0.6 is 0 Å². The fraction of sp³-hybridized carbons (Fsp3) is 0.188. The second-order valence-corrected chi connectivity index (χ2v) is 9.01. The average molecular weight is 524 g/mol. The molecule has 0 spiro atoms. The summed E-state index contributed by atoms with van der Waals surface area (Å²) in [4.78, 5) is 27.8. The Hall–Kier alpha value is -4.62. The van der Waals surface area contributed by atoms with Gasteiger partial charge in [-0.1, -0.05) is 66.7 Å². The van der Waals surface area contributed by atoms with Gasteiger partial charge in [0.1, 0.15) is 11.5 Å². The molecular weight excluding hydrogens is 490 g/mol. The molecule has 0 aliphatic rings. The molecule has 0 fully saturated rings. The van der Waals surface area contributed by atoms with Crippen LogP contribution in [0.2, 0.25) is 0 Å². The van der Waals surface area contributed by atoms with E-state index >= 15 is 0 Å². The van der Waals surface area contributed by atoms with E-state index < -0.39 is 0 Å². The first-order chi connectivity index (χ1) is 19.1. The molecule has 7 heteroatoms. The number of carbonyl (C=O) groups is 2. The number of nitrogens with two attached hydrogens (primary N) is 1. The van der Waals surface area contributed by atoms with Crippen molar-refractivity contribution in [2.24, 2.45) is 5.73 Å². The first-order valence-electron chi connectivity index (χ1n) is 12.9. The minimum absolute atomic E-state index is 0.0538. The minimum Gasteiger partial charge on any atom is -0.497 e. The fourth-order valence-corrected chi connectivity index (χ4v) is 4.09. The lowest BCUT2D eigenvalue weighted by molar-refractivity contribution is -0.125. The molecule has 0 unspecified atom stereocenters. The van der Waals surface area contributed by atoms with E-state index in [1.54, 1.807) is 12.0 Å². The smallest absolute Gasteiger partial charge is 0.227 e. The first-order valence-corrected chi connectivity index (χ1v) is 12.9. The van der Waals surface area contributed by atoms with Gasteiger partial charge in [0, 0.05) is 25.9 Å². The molecule has 0 heterocycles. The molecule has 4 aromatic carbocycles. The largest absolute Gasteiger partial charge is 0.497 e. The number of methoxy groups -OCH3 is 1. The Balaban J connectivity index is 1.48. The molecule has 0 aliphatic carbocycles. The van der Waals surface area contributed by atoms with Crippen molar-refractivity contribution >= 4 is 17.5 Å². The second kappa shape index (κ2) is 13.8. The van der Waals surface area contributed by atoms with E-state index in [-0.39, 0.29) is 24.7 Å². The third kappa shape index (κ3) is 7.93. The Morgan fingerprint density at radius 1 is 0.769 bits per heavy atom. The van der Waals surface area contributed by atoms with E-state index in [4.69, 9.17) is 15.2 Å². The zero-order valence-electron chi connectivity index (χ0n) is 22.0. The van der Waals surface area contributed by atoms with Crippen molar-refractivity contribution in [3.8, 4) is 17.2 Å².